The van der Waals surface area contributed by atoms with Gasteiger partial charge in [0.1, 0.15) is 0 Å². The van der Waals surface area contributed by atoms with E-state index in [1.165, 1.54) is 0 Å². The highest BCUT2D eigenvalue weighted by Gasteiger charge is 2.25. The number of nitrogens with one attached hydrogen (secondary N) is 1. The Morgan fingerprint density at radius 2 is 2.38 bits per heavy atom. The highest BCUT2D eigenvalue weighted by atomic mass is 16.1. The lowest BCUT2D eigenvalue weighted by atomic mass is 10.1. The fourth-order valence-corrected chi connectivity index (χ4v) is 2.01. The summed E-state index contributed by atoms with van der Waals surface area (Å²) >= 11 is 0. The first-order valence-corrected chi connectivity index (χ1v) is 5.50. The topological polar surface area (TPSA) is 58.4 Å². The van der Waals surface area contributed by atoms with E-state index >= 15 is 0 Å². The summed E-state index contributed by atoms with van der Waals surface area (Å²) in [6, 6.07) is 7.27. The third-order valence-electron chi connectivity index (χ3n) is 2.92. The third-order valence-corrected chi connectivity index (χ3v) is 2.92. The van der Waals surface area contributed by atoms with Crippen molar-refractivity contribution in [1.29, 1.82) is 0 Å². The number of carbonyl (C=O) groups is 1. The normalized spacial score (nSPS) is 20.9. The van der Waals surface area contributed by atoms with Crippen LogP contribution in [-0.4, -0.2) is 30.9 Å². The highest BCUT2D eigenvalue weighted by Crippen LogP contribution is 2.18. The van der Waals surface area contributed by atoms with Crippen LogP contribution in [0.3, 0.4) is 0 Å². The summed E-state index contributed by atoms with van der Waals surface area (Å²) in [5, 5.41) is 2.90. The lowest BCUT2D eigenvalue weighted by Gasteiger charge is -2.11. The van der Waals surface area contributed by atoms with Crippen LogP contribution in [0.15, 0.2) is 24.3 Å². The van der Waals surface area contributed by atoms with Gasteiger partial charge in [-0.3, -0.25) is 4.79 Å². The molecule has 1 aromatic rings. The van der Waals surface area contributed by atoms with Crippen LogP contribution in [0.5, 0.6) is 0 Å². The van der Waals surface area contributed by atoms with E-state index < -0.39 is 0 Å². The van der Waals surface area contributed by atoms with Gasteiger partial charge >= 0.3 is 0 Å². The van der Waals surface area contributed by atoms with E-state index in [1.807, 2.05) is 19.2 Å². The van der Waals surface area contributed by atoms with Crippen molar-refractivity contribution in [3.63, 3.8) is 0 Å². The number of hydrogen-bond acceptors (Lipinski definition) is 3. The summed E-state index contributed by atoms with van der Waals surface area (Å²) < 4.78 is 0. The number of nitrogens with two attached hydrogens (primary N) is 1. The first-order chi connectivity index (χ1) is 7.65. The minimum Gasteiger partial charge on any atom is -0.399 e. The molecule has 0 spiro atoms. The maximum atomic E-state index is 11.9. The summed E-state index contributed by atoms with van der Waals surface area (Å²) in [7, 11) is 2.04. The van der Waals surface area contributed by atoms with Crippen molar-refractivity contribution in [2.75, 3.05) is 31.2 Å². The van der Waals surface area contributed by atoms with Crippen LogP contribution in [0.4, 0.5) is 11.4 Å². The molecule has 1 fully saturated rings. The zero-order valence-electron chi connectivity index (χ0n) is 9.44. The van der Waals surface area contributed by atoms with E-state index in [0.717, 1.165) is 25.2 Å². The first-order valence-electron chi connectivity index (χ1n) is 5.50. The van der Waals surface area contributed by atoms with Gasteiger partial charge in [-0.25, -0.2) is 0 Å². The van der Waals surface area contributed by atoms with Crippen LogP contribution in [0.2, 0.25) is 0 Å². The van der Waals surface area contributed by atoms with Crippen LogP contribution < -0.4 is 11.1 Å². The van der Waals surface area contributed by atoms with Crippen molar-refractivity contribution in [2.24, 2.45) is 5.92 Å². The monoisotopic (exact) mass is 219 g/mol. The molecule has 1 unspecified atom stereocenters. The van der Waals surface area contributed by atoms with Gasteiger partial charge in [-0.15, -0.1) is 0 Å². The van der Waals surface area contributed by atoms with Crippen LogP contribution in [0.25, 0.3) is 0 Å². The molecule has 1 atom stereocenters. The molecule has 1 aliphatic heterocycles. The molecule has 0 aromatic heterocycles. The predicted octanol–water partition coefficient (Wildman–Crippen LogP) is 1.16. The van der Waals surface area contributed by atoms with Crippen LogP contribution >= 0.6 is 0 Å². The maximum absolute atomic E-state index is 11.9. The zero-order valence-corrected chi connectivity index (χ0v) is 9.44. The number of carbonyl (C=O) groups excluding carboxylic acids is 1. The Morgan fingerprint density at radius 3 is 3.00 bits per heavy atom. The molecule has 0 aliphatic carbocycles. The molecule has 1 amide bonds. The number of nitrogens with zero attached hydrogens (tertiary/aromatic N) is 1. The Balaban J connectivity index is 1.97. The van der Waals surface area contributed by atoms with Crippen molar-refractivity contribution in [1.82, 2.24) is 4.90 Å². The quantitative estimate of drug-likeness (QED) is 0.734. The Morgan fingerprint density at radius 1 is 1.56 bits per heavy atom. The second-order valence-electron chi connectivity index (χ2n) is 4.36. The SMILES string of the molecule is CN1CCC(C(=O)Nc2cccc(N)c2)C1. The molecule has 0 radical (unpaired) electrons. The second-order valence-corrected chi connectivity index (χ2v) is 4.36. The summed E-state index contributed by atoms with van der Waals surface area (Å²) in [6.45, 7) is 1.84. The van der Waals surface area contributed by atoms with Crippen molar-refractivity contribution < 1.29 is 4.79 Å². The minimum absolute atomic E-state index is 0.0925. The Kier molecular flexibility index (Phi) is 3.10. The number of benzene rings is 1. The molecular weight excluding hydrogens is 202 g/mol. The molecule has 86 valence electrons. The number of rotatable bonds is 2. The van der Waals surface area contributed by atoms with E-state index in [1.54, 1.807) is 12.1 Å². The van der Waals surface area contributed by atoms with Crippen LogP contribution in [0, 0.1) is 5.92 Å². The van der Waals surface area contributed by atoms with Gasteiger partial charge in [-0.05, 0) is 38.2 Å². The molecule has 1 aliphatic rings. The van der Waals surface area contributed by atoms with Crippen molar-refractivity contribution >= 4 is 17.3 Å². The molecule has 2 rings (SSSR count). The summed E-state index contributed by atoms with van der Waals surface area (Å²) in [4.78, 5) is 14.1. The lowest BCUT2D eigenvalue weighted by Crippen LogP contribution is -2.25. The molecular formula is C12H17N3O. The van der Waals surface area contributed by atoms with E-state index in [4.69, 9.17) is 5.73 Å². The Labute approximate surface area is 95.4 Å². The van der Waals surface area contributed by atoms with Gasteiger partial charge in [0, 0.05) is 17.9 Å². The molecule has 0 bridgehead atoms. The zero-order chi connectivity index (χ0) is 11.5. The number of hydrogen-bond donors (Lipinski definition) is 2. The van der Waals surface area contributed by atoms with Gasteiger partial charge in [0.15, 0.2) is 0 Å². The molecule has 1 heterocycles. The first kappa shape index (κ1) is 11.0. The van der Waals surface area contributed by atoms with E-state index in [-0.39, 0.29) is 11.8 Å². The molecule has 1 aromatic carbocycles. The largest absolute Gasteiger partial charge is 0.399 e. The number of nitrogen functional groups attached to an aromatic ring is 1. The average molecular weight is 219 g/mol. The van der Waals surface area contributed by atoms with Gasteiger partial charge in [-0.1, -0.05) is 6.07 Å². The van der Waals surface area contributed by atoms with E-state index in [9.17, 15) is 4.79 Å². The molecule has 0 saturated carbocycles. The van der Waals surface area contributed by atoms with Gasteiger partial charge in [-0.2, -0.15) is 0 Å². The van der Waals surface area contributed by atoms with Crippen LogP contribution in [-0.2, 0) is 4.79 Å². The Bertz CT molecular complexity index is 392. The number of anilines is 2. The molecule has 4 heteroatoms. The van der Waals surface area contributed by atoms with E-state index in [0.29, 0.717) is 5.69 Å². The fourth-order valence-electron chi connectivity index (χ4n) is 2.01. The van der Waals surface area contributed by atoms with Crippen molar-refractivity contribution in [3.05, 3.63) is 24.3 Å². The maximum Gasteiger partial charge on any atom is 0.228 e. The van der Waals surface area contributed by atoms with Gasteiger partial charge in [0.2, 0.25) is 5.91 Å². The smallest absolute Gasteiger partial charge is 0.228 e. The molecule has 3 N–H and O–H groups in total. The third kappa shape index (κ3) is 2.52. The molecule has 16 heavy (non-hydrogen) atoms. The summed E-state index contributed by atoms with van der Waals surface area (Å²) in [6.07, 6.45) is 0.935. The number of amides is 1. The summed E-state index contributed by atoms with van der Waals surface area (Å²) in [5.74, 6) is 0.196. The van der Waals surface area contributed by atoms with Crippen LogP contribution in [0.1, 0.15) is 6.42 Å². The van der Waals surface area contributed by atoms with E-state index in [2.05, 4.69) is 10.2 Å². The molecule has 1 saturated heterocycles. The predicted molar refractivity (Wildman–Crippen MR) is 65.1 cm³/mol. The van der Waals surface area contributed by atoms with Crippen molar-refractivity contribution in [3.8, 4) is 0 Å². The second kappa shape index (κ2) is 4.53. The molecule has 4 nitrogen and oxygen atoms in total. The fraction of sp³-hybridized carbons (Fsp3) is 0.417. The van der Waals surface area contributed by atoms with Gasteiger partial charge in [0.25, 0.3) is 0 Å². The standard InChI is InChI=1S/C12H17N3O/c1-15-6-5-9(8-15)12(16)14-11-4-2-3-10(13)7-11/h2-4,7,9H,5-6,8,13H2,1H3,(H,14,16). The highest BCUT2D eigenvalue weighted by molar-refractivity contribution is 5.93. The Hall–Kier alpha value is -1.55. The summed E-state index contributed by atoms with van der Waals surface area (Å²) in [5.41, 5.74) is 7.10. The van der Waals surface area contributed by atoms with Gasteiger partial charge < -0.3 is 16.0 Å². The minimum atomic E-state index is 0.0925. The lowest BCUT2D eigenvalue weighted by molar-refractivity contribution is -0.119. The average Bonchev–Trinajstić information content (AvgIpc) is 2.65. The number of likely N-dealkylation sites (tertiary alicyclic amines) is 1. The van der Waals surface area contributed by atoms with Crippen molar-refractivity contribution in [2.45, 2.75) is 6.42 Å². The van der Waals surface area contributed by atoms with Gasteiger partial charge in [0.05, 0.1) is 5.92 Å².